The van der Waals surface area contributed by atoms with Crippen molar-refractivity contribution in [1.82, 2.24) is 9.55 Å². The third kappa shape index (κ3) is 7.63. The van der Waals surface area contributed by atoms with Crippen LogP contribution < -0.4 is 0 Å². The number of hydrogen-bond donors (Lipinski definition) is 1. The summed E-state index contributed by atoms with van der Waals surface area (Å²) in [4.78, 5) is 46.7. The lowest BCUT2D eigenvalue weighted by Gasteiger charge is -2.07. The van der Waals surface area contributed by atoms with E-state index in [1.807, 2.05) is 66.9 Å². The van der Waals surface area contributed by atoms with Gasteiger partial charge in [-0.25, -0.2) is 0 Å². The second-order valence-electron chi connectivity index (χ2n) is 7.79. The first-order valence-corrected chi connectivity index (χ1v) is 12.9. The molecular weight excluding hydrogens is 540 g/mol. The van der Waals surface area contributed by atoms with Crippen molar-refractivity contribution in [2.45, 2.75) is 34.2 Å². The lowest BCUT2D eigenvalue weighted by atomic mass is 10.1. The maximum atomic E-state index is 11.6. The number of fused-ring (bicyclic) bond motifs is 2. The van der Waals surface area contributed by atoms with Gasteiger partial charge in [-0.15, -0.1) is 0 Å². The molecule has 2 heterocycles. The van der Waals surface area contributed by atoms with Crippen LogP contribution in [-0.4, -0.2) is 52.6 Å². The van der Waals surface area contributed by atoms with Crippen LogP contribution in [0.4, 0.5) is 0 Å². The smallest absolute Gasteiger partial charge is 0.325 e. The molecule has 0 saturated carbocycles. The van der Waals surface area contributed by atoms with Crippen molar-refractivity contribution in [2.24, 2.45) is 0 Å². The van der Waals surface area contributed by atoms with Gasteiger partial charge in [-0.3, -0.25) is 19.2 Å². The number of esters is 2. The number of halogens is 1. The van der Waals surface area contributed by atoms with E-state index >= 15 is 0 Å². The molecule has 0 spiro atoms. The highest BCUT2D eigenvalue weighted by Gasteiger charge is 2.15. The highest BCUT2D eigenvalue weighted by molar-refractivity contribution is 9.09. The van der Waals surface area contributed by atoms with Crippen LogP contribution in [0.2, 0.25) is 0 Å². The Kier molecular flexibility index (Phi) is 11.8. The number of para-hydroxylation sites is 2. The van der Waals surface area contributed by atoms with Gasteiger partial charge in [-0.1, -0.05) is 52.3 Å². The summed E-state index contributed by atoms with van der Waals surface area (Å²) in [5, 5.41) is 2.17. The van der Waals surface area contributed by atoms with E-state index in [1.165, 1.54) is 0 Å². The topological polar surface area (TPSA) is 107 Å². The van der Waals surface area contributed by atoms with Crippen molar-refractivity contribution >= 4 is 62.2 Å². The molecule has 9 heteroatoms. The number of nitrogens with zero attached hydrogens (tertiary/aromatic N) is 1. The van der Waals surface area contributed by atoms with E-state index in [4.69, 9.17) is 4.74 Å². The van der Waals surface area contributed by atoms with E-state index in [9.17, 15) is 19.2 Å². The number of aryl methyl sites for hydroxylation is 1. The van der Waals surface area contributed by atoms with Gasteiger partial charge in [0.15, 0.2) is 12.6 Å². The fourth-order valence-electron chi connectivity index (χ4n) is 3.80. The number of H-pyrrole nitrogens is 1. The average Bonchev–Trinajstić information content (AvgIpc) is 3.37. The summed E-state index contributed by atoms with van der Waals surface area (Å²) in [6, 6.07) is 15.3. The standard InChI is InChI=1S/C14H15NO3.C10H9NO.C4H7BrO2/c1-3-18-14(17)8-15-10(2)12(9-16)11-6-4-5-7-13(11)15;1-7-9(6-12)8-4-2-3-5-10(8)11-7;1-2-7-4(6)3-5/h4-7,9H,3,8H2,1-2H3;2-6,11H,1H3;2-3H2,1H3. The molecule has 0 atom stereocenters. The zero-order valence-corrected chi connectivity index (χ0v) is 23.0. The molecule has 0 aliphatic heterocycles. The molecule has 4 rings (SSSR count). The Labute approximate surface area is 224 Å². The van der Waals surface area contributed by atoms with Crippen molar-refractivity contribution in [2.75, 3.05) is 18.5 Å². The number of carbonyl (C=O) groups excluding carboxylic acids is 4. The monoisotopic (exact) mass is 570 g/mol. The van der Waals surface area contributed by atoms with Crippen LogP contribution in [0.3, 0.4) is 0 Å². The number of aldehydes is 2. The van der Waals surface area contributed by atoms with Gasteiger partial charge in [0.2, 0.25) is 0 Å². The first-order valence-electron chi connectivity index (χ1n) is 11.7. The number of alkyl halides is 1. The van der Waals surface area contributed by atoms with Crippen molar-refractivity contribution in [3.63, 3.8) is 0 Å². The zero-order chi connectivity index (χ0) is 27.4. The van der Waals surface area contributed by atoms with Crippen LogP contribution in [0.15, 0.2) is 48.5 Å². The first kappa shape index (κ1) is 29.5. The lowest BCUT2D eigenvalue weighted by Crippen LogP contribution is -2.14. The number of hydrogen-bond acceptors (Lipinski definition) is 6. The summed E-state index contributed by atoms with van der Waals surface area (Å²) in [6.45, 7) is 8.25. The minimum Gasteiger partial charge on any atom is -0.465 e. The molecule has 0 aliphatic rings. The maximum absolute atomic E-state index is 11.6. The van der Waals surface area contributed by atoms with E-state index in [2.05, 4.69) is 25.7 Å². The Hall–Kier alpha value is -3.72. The van der Waals surface area contributed by atoms with Gasteiger partial charge in [-0.05, 0) is 39.8 Å². The molecule has 2 aromatic heterocycles. The highest BCUT2D eigenvalue weighted by atomic mass is 79.9. The molecule has 0 saturated heterocycles. The summed E-state index contributed by atoms with van der Waals surface area (Å²) >= 11 is 2.94. The van der Waals surface area contributed by atoms with E-state index in [0.717, 1.165) is 51.3 Å². The molecule has 0 bridgehead atoms. The van der Waals surface area contributed by atoms with Crippen LogP contribution in [0.25, 0.3) is 21.8 Å². The summed E-state index contributed by atoms with van der Waals surface area (Å²) < 4.78 is 11.3. The second kappa shape index (κ2) is 14.7. The molecular formula is C28H31BrN2O6. The van der Waals surface area contributed by atoms with E-state index in [-0.39, 0.29) is 18.5 Å². The predicted octanol–water partition coefficient (Wildman–Crippen LogP) is 5.56. The van der Waals surface area contributed by atoms with Crippen LogP contribution >= 0.6 is 15.9 Å². The van der Waals surface area contributed by atoms with Gasteiger partial charge in [0, 0.05) is 44.3 Å². The fourth-order valence-corrected chi connectivity index (χ4v) is 3.96. The summed E-state index contributed by atoms with van der Waals surface area (Å²) in [6.07, 6.45) is 1.73. The molecule has 2 aromatic carbocycles. The Balaban J connectivity index is 0.000000218. The Morgan fingerprint density at radius 3 is 2.00 bits per heavy atom. The van der Waals surface area contributed by atoms with E-state index in [1.54, 1.807) is 13.8 Å². The van der Waals surface area contributed by atoms with Crippen molar-refractivity contribution < 1.29 is 28.7 Å². The fraction of sp³-hybridized carbons (Fsp3) is 0.286. The molecule has 0 unspecified atom stereocenters. The Morgan fingerprint density at radius 2 is 1.43 bits per heavy atom. The largest absolute Gasteiger partial charge is 0.465 e. The summed E-state index contributed by atoms with van der Waals surface area (Å²) in [5.74, 6) is -0.499. The number of nitrogens with one attached hydrogen (secondary N) is 1. The van der Waals surface area contributed by atoms with Crippen LogP contribution in [0.5, 0.6) is 0 Å². The van der Waals surface area contributed by atoms with Gasteiger partial charge in [-0.2, -0.15) is 0 Å². The second-order valence-corrected chi connectivity index (χ2v) is 8.35. The van der Waals surface area contributed by atoms with Gasteiger partial charge < -0.3 is 19.0 Å². The maximum Gasteiger partial charge on any atom is 0.325 e. The van der Waals surface area contributed by atoms with Crippen molar-refractivity contribution in [1.29, 1.82) is 0 Å². The molecule has 0 fully saturated rings. The molecule has 0 radical (unpaired) electrons. The molecule has 196 valence electrons. The van der Waals surface area contributed by atoms with Crippen LogP contribution in [-0.2, 0) is 25.6 Å². The number of benzene rings is 2. The lowest BCUT2D eigenvalue weighted by molar-refractivity contribution is -0.143. The third-order valence-electron chi connectivity index (χ3n) is 5.47. The molecule has 4 aromatic rings. The molecule has 0 aliphatic carbocycles. The number of aromatic amines is 1. The Morgan fingerprint density at radius 1 is 0.865 bits per heavy atom. The summed E-state index contributed by atoms with van der Waals surface area (Å²) in [7, 11) is 0. The Bertz CT molecular complexity index is 1370. The average molecular weight is 571 g/mol. The number of aromatic nitrogens is 2. The predicted molar refractivity (Wildman–Crippen MR) is 148 cm³/mol. The number of carbonyl (C=O) groups is 4. The molecule has 1 N–H and O–H groups in total. The summed E-state index contributed by atoms with van der Waals surface area (Å²) in [5.41, 5.74) is 5.04. The van der Waals surface area contributed by atoms with Crippen molar-refractivity contribution in [3.05, 3.63) is 71.0 Å². The van der Waals surface area contributed by atoms with Gasteiger partial charge >= 0.3 is 11.9 Å². The number of ether oxygens (including phenoxy) is 2. The van der Waals surface area contributed by atoms with Gasteiger partial charge in [0.25, 0.3) is 0 Å². The SMILES string of the molecule is CCOC(=O)CBr.CCOC(=O)Cn1c(C)c(C=O)c2ccccc21.Cc1[nH]c2ccccc2c1C=O. The minimum atomic E-state index is -0.293. The van der Waals surface area contributed by atoms with Gasteiger partial charge in [0.05, 0.1) is 13.2 Å². The van der Waals surface area contributed by atoms with E-state index < -0.39 is 0 Å². The van der Waals surface area contributed by atoms with E-state index in [0.29, 0.717) is 24.1 Å². The van der Waals surface area contributed by atoms with Crippen LogP contribution in [0, 0.1) is 13.8 Å². The molecule has 0 amide bonds. The third-order valence-corrected chi connectivity index (χ3v) is 5.92. The van der Waals surface area contributed by atoms with Gasteiger partial charge in [0.1, 0.15) is 11.9 Å². The molecule has 37 heavy (non-hydrogen) atoms. The quantitative estimate of drug-likeness (QED) is 0.177. The van der Waals surface area contributed by atoms with Crippen LogP contribution in [0.1, 0.15) is 46.0 Å². The molecule has 8 nitrogen and oxygen atoms in total. The minimum absolute atomic E-state index is 0.133. The normalized spacial score (nSPS) is 10.1. The zero-order valence-electron chi connectivity index (χ0n) is 21.4. The first-order chi connectivity index (χ1) is 17.8. The number of rotatable bonds is 7. The highest BCUT2D eigenvalue weighted by Crippen LogP contribution is 2.24. The van der Waals surface area contributed by atoms with Crippen molar-refractivity contribution in [3.8, 4) is 0 Å².